The Balaban J connectivity index is 1.57. The summed E-state index contributed by atoms with van der Waals surface area (Å²) in [5.41, 5.74) is 0.640. The second-order valence-corrected chi connectivity index (χ2v) is 11.0. The van der Waals surface area contributed by atoms with Gasteiger partial charge in [-0.2, -0.15) is 4.98 Å². The molecule has 2 fully saturated rings. The van der Waals surface area contributed by atoms with Gasteiger partial charge in [0.1, 0.15) is 0 Å². The Morgan fingerprint density at radius 3 is 2.48 bits per heavy atom. The number of carboxylic acid groups (broad SMARTS) is 1. The number of hydrogen-bond acceptors (Lipinski definition) is 5. The molecule has 0 spiro atoms. The third kappa shape index (κ3) is 6.77. The van der Waals surface area contributed by atoms with Crippen LogP contribution in [0.2, 0.25) is 0 Å². The van der Waals surface area contributed by atoms with E-state index in [0.717, 1.165) is 19.3 Å². The lowest BCUT2D eigenvalue weighted by atomic mass is 9.57. The van der Waals surface area contributed by atoms with Gasteiger partial charge in [0, 0.05) is 12.0 Å². The van der Waals surface area contributed by atoms with E-state index in [-0.39, 0.29) is 17.8 Å². The van der Waals surface area contributed by atoms with E-state index in [9.17, 15) is 9.90 Å². The van der Waals surface area contributed by atoms with Crippen LogP contribution in [0.15, 0.2) is 4.52 Å². The second-order valence-electron chi connectivity index (χ2n) is 11.0. The van der Waals surface area contributed by atoms with Crippen molar-refractivity contribution in [3.8, 4) is 0 Å². The maximum absolute atomic E-state index is 11.5. The molecule has 0 saturated heterocycles. The van der Waals surface area contributed by atoms with Crippen LogP contribution in [0.25, 0.3) is 0 Å². The van der Waals surface area contributed by atoms with Gasteiger partial charge in [0.05, 0.1) is 13.0 Å². The summed E-state index contributed by atoms with van der Waals surface area (Å²) in [6.45, 7) is 7.71. The first kappa shape index (κ1) is 24.2. The molecule has 1 heterocycles. The minimum Gasteiger partial charge on any atom is -0.481 e. The standard InChI is InChI=1S/C25H43N3O3/c1-24(2,3)25(14-8-5-9-15-25)16-10-11-19(17-22(29)30)23-27-21(28-31-23)18-26-20-12-6-4-7-13-20/h19-20,26H,4-18H2,1-3H3,(H,29,30). The first-order valence-electron chi connectivity index (χ1n) is 12.6. The molecular weight excluding hydrogens is 390 g/mol. The fourth-order valence-electron chi connectivity index (χ4n) is 5.86. The van der Waals surface area contributed by atoms with Crippen LogP contribution < -0.4 is 5.32 Å². The number of nitrogens with zero attached hydrogens (tertiary/aromatic N) is 2. The van der Waals surface area contributed by atoms with Crippen molar-refractivity contribution >= 4 is 5.97 Å². The maximum atomic E-state index is 11.5. The normalized spacial score (nSPS) is 21.1. The third-order valence-electron chi connectivity index (χ3n) is 8.02. The van der Waals surface area contributed by atoms with E-state index in [0.29, 0.717) is 29.7 Å². The van der Waals surface area contributed by atoms with Crippen molar-refractivity contribution in [1.82, 2.24) is 15.5 Å². The molecule has 0 radical (unpaired) electrons. The molecule has 2 N–H and O–H groups in total. The molecule has 2 aliphatic carbocycles. The molecular formula is C25H43N3O3. The Bertz CT molecular complexity index is 682. The first-order valence-corrected chi connectivity index (χ1v) is 12.6. The van der Waals surface area contributed by atoms with Crippen molar-refractivity contribution < 1.29 is 14.4 Å². The van der Waals surface area contributed by atoms with Gasteiger partial charge in [-0.1, -0.05) is 70.9 Å². The zero-order valence-corrected chi connectivity index (χ0v) is 19.9. The third-order valence-corrected chi connectivity index (χ3v) is 8.02. The van der Waals surface area contributed by atoms with Crippen LogP contribution in [0, 0.1) is 10.8 Å². The van der Waals surface area contributed by atoms with Gasteiger partial charge in [0.2, 0.25) is 5.89 Å². The summed E-state index contributed by atoms with van der Waals surface area (Å²) in [6, 6.07) is 0.537. The minimum absolute atomic E-state index is 0.0558. The van der Waals surface area contributed by atoms with Gasteiger partial charge < -0.3 is 14.9 Å². The zero-order chi connectivity index (χ0) is 22.3. The van der Waals surface area contributed by atoms with E-state index >= 15 is 0 Å². The van der Waals surface area contributed by atoms with E-state index in [2.05, 4.69) is 36.2 Å². The smallest absolute Gasteiger partial charge is 0.304 e. The monoisotopic (exact) mass is 433 g/mol. The number of carbonyl (C=O) groups is 1. The SMILES string of the molecule is CC(C)(C)C1(CCCC(CC(=O)O)c2nc(CNC3CCCCC3)no2)CCCCC1. The molecule has 6 heteroatoms. The number of aromatic nitrogens is 2. The van der Waals surface area contributed by atoms with Crippen LogP contribution in [0.1, 0.15) is 128 Å². The van der Waals surface area contributed by atoms with Crippen molar-refractivity contribution in [3.05, 3.63) is 11.7 Å². The predicted molar refractivity (Wildman–Crippen MR) is 122 cm³/mol. The Hall–Kier alpha value is -1.43. The first-order chi connectivity index (χ1) is 14.8. The largest absolute Gasteiger partial charge is 0.481 e. The highest BCUT2D eigenvalue weighted by Crippen LogP contribution is 2.53. The molecule has 31 heavy (non-hydrogen) atoms. The van der Waals surface area contributed by atoms with Crippen LogP contribution in [-0.2, 0) is 11.3 Å². The number of rotatable bonds is 10. The van der Waals surface area contributed by atoms with Gasteiger partial charge in [0.15, 0.2) is 5.82 Å². The lowest BCUT2D eigenvalue weighted by Crippen LogP contribution is -2.37. The molecule has 1 aromatic heterocycles. The zero-order valence-electron chi connectivity index (χ0n) is 19.9. The molecule has 2 saturated carbocycles. The van der Waals surface area contributed by atoms with E-state index < -0.39 is 5.97 Å². The summed E-state index contributed by atoms with van der Waals surface area (Å²) in [7, 11) is 0. The number of nitrogens with one attached hydrogen (secondary N) is 1. The van der Waals surface area contributed by atoms with E-state index in [1.54, 1.807) is 0 Å². The average molecular weight is 434 g/mol. The average Bonchev–Trinajstić information content (AvgIpc) is 3.21. The van der Waals surface area contributed by atoms with Gasteiger partial charge in [-0.05, 0) is 49.4 Å². The summed E-state index contributed by atoms with van der Waals surface area (Å²) >= 11 is 0. The van der Waals surface area contributed by atoms with Crippen LogP contribution in [0.3, 0.4) is 0 Å². The highest BCUT2D eigenvalue weighted by atomic mass is 16.5. The summed E-state index contributed by atoms with van der Waals surface area (Å²) in [5, 5.41) is 17.1. The fraction of sp³-hybridized carbons (Fsp3) is 0.880. The molecule has 6 nitrogen and oxygen atoms in total. The quantitative estimate of drug-likeness (QED) is 0.455. The molecule has 176 valence electrons. The molecule has 2 aliphatic rings. The molecule has 1 atom stereocenters. The van der Waals surface area contributed by atoms with Crippen molar-refractivity contribution in [2.45, 2.75) is 129 Å². The lowest BCUT2D eigenvalue weighted by Gasteiger charge is -2.48. The highest BCUT2D eigenvalue weighted by molar-refractivity contribution is 5.67. The maximum Gasteiger partial charge on any atom is 0.304 e. The van der Waals surface area contributed by atoms with Crippen molar-refractivity contribution in [3.63, 3.8) is 0 Å². The van der Waals surface area contributed by atoms with Gasteiger partial charge in [-0.25, -0.2) is 0 Å². The number of hydrogen-bond donors (Lipinski definition) is 2. The molecule has 0 bridgehead atoms. The Kier molecular flexibility index (Phi) is 8.54. The minimum atomic E-state index is -0.798. The second kappa shape index (κ2) is 10.9. The molecule has 0 aromatic carbocycles. The summed E-state index contributed by atoms with van der Waals surface area (Å²) in [5.74, 6) is 0.146. The van der Waals surface area contributed by atoms with E-state index in [1.165, 1.54) is 64.2 Å². The van der Waals surface area contributed by atoms with Crippen LogP contribution in [0.4, 0.5) is 0 Å². The molecule has 0 aliphatic heterocycles. The lowest BCUT2D eigenvalue weighted by molar-refractivity contribution is -0.137. The Morgan fingerprint density at radius 2 is 1.84 bits per heavy atom. The van der Waals surface area contributed by atoms with Crippen LogP contribution in [0.5, 0.6) is 0 Å². The summed E-state index contributed by atoms with van der Waals surface area (Å²) < 4.78 is 5.54. The van der Waals surface area contributed by atoms with Gasteiger partial charge in [-0.15, -0.1) is 0 Å². The van der Waals surface area contributed by atoms with Crippen molar-refractivity contribution in [2.75, 3.05) is 0 Å². The summed E-state index contributed by atoms with van der Waals surface area (Å²) in [4.78, 5) is 16.1. The molecule has 0 amide bonds. The van der Waals surface area contributed by atoms with E-state index in [1.807, 2.05) is 0 Å². The number of aliphatic carboxylic acids is 1. The fourth-order valence-corrected chi connectivity index (χ4v) is 5.86. The van der Waals surface area contributed by atoms with Crippen molar-refractivity contribution in [1.29, 1.82) is 0 Å². The molecule has 1 aromatic rings. The molecule has 3 rings (SSSR count). The topological polar surface area (TPSA) is 88.2 Å². The Labute approximate surface area is 188 Å². The van der Waals surface area contributed by atoms with Gasteiger partial charge >= 0.3 is 5.97 Å². The van der Waals surface area contributed by atoms with Gasteiger partial charge in [0.25, 0.3) is 0 Å². The number of carboxylic acids is 1. The van der Waals surface area contributed by atoms with E-state index in [4.69, 9.17) is 4.52 Å². The predicted octanol–water partition coefficient (Wildman–Crippen LogP) is 6.22. The Morgan fingerprint density at radius 1 is 1.16 bits per heavy atom. The van der Waals surface area contributed by atoms with Gasteiger partial charge in [-0.3, -0.25) is 4.79 Å². The highest BCUT2D eigenvalue weighted by Gasteiger charge is 2.42. The summed E-state index contributed by atoms with van der Waals surface area (Å²) in [6.07, 6.45) is 15.9. The van der Waals surface area contributed by atoms with Crippen molar-refractivity contribution in [2.24, 2.45) is 10.8 Å². The molecule has 1 unspecified atom stereocenters. The van der Waals surface area contributed by atoms with Crippen LogP contribution in [-0.4, -0.2) is 27.3 Å². The van der Waals surface area contributed by atoms with Crippen LogP contribution >= 0.6 is 0 Å².